The molecule has 3 heterocycles. The number of hydrogen-bond donors (Lipinski definition) is 1. The molecule has 0 bridgehead atoms. The Balaban J connectivity index is 1.89. The Bertz CT molecular complexity index is 530. The summed E-state index contributed by atoms with van der Waals surface area (Å²) in [5.41, 5.74) is 0. The molecule has 0 spiro atoms. The summed E-state index contributed by atoms with van der Waals surface area (Å²) in [6.45, 7) is 2.06. The quantitative estimate of drug-likeness (QED) is 0.920. The molecule has 0 aliphatic carbocycles. The van der Waals surface area contributed by atoms with Crippen molar-refractivity contribution < 1.29 is 18.9 Å². The number of furan rings is 2. The molecule has 1 fully saturated rings. The summed E-state index contributed by atoms with van der Waals surface area (Å²) in [4.78, 5) is 12.3. The smallest absolute Gasteiger partial charge is 0.161 e. The van der Waals surface area contributed by atoms with E-state index in [1.54, 1.807) is 12.5 Å². The van der Waals surface area contributed by atoms with Crippen LogP contribution in [0.5, 0.6) is 0 Å². The van der Waals surface area contributed by atoms with Gasteiger partial charge in [0, 0.05) is 0 Å². The van der Waals surface area contributed by atoms with Crippen molar-refractivity contribution in [2.45, 2.75) is 31.8 Å². The minimum atomic E-state index is 0.0253. The molecule has 4 heteroatoms. The first-order chi connectivity index (χ1) is 9.29. The van der Waals surface area contributed by atoms with E-state index in [0.29, 0.717) is 12.2 Å². The molecule has 1 aliphatic rings. The van der Waals surface area contributed by atoms with E-state index in [4.69, 9.17) is 8.83 Å². The minimum absolute atomic E-state index is 0.0253. The van der Waals surface area contributed by atoms with Gasteiger partial charge in [0.05, 0.1) is 24.9 Å². The molecule has 100 valence electrons. The fourth-order valence-corrected chi connectivity index (χ4v) is 2.97. The van der Waals surface area contributed by atoms with Crippen LogP contribution in [-0.4, -0.2) is 5.78 Å². The zero-order chi connectivity index (χ0) is 13.2. The van der Waals surface area contributed by atoms with Crippen LogP contribution in [0.3, 0.4) is 0 Å². The van der Waals surface area contributed by atoms with Gasteiger partial charge < -0.3 is 14.2 Å². The summed E-state index contributed by atoms with van der Waals surface area (Å²) in [7, 11) is 0. The predicted octanol–water partition coefficient (Wildman–Crippen LogP) is 2.22. The normalized spacial score (nSPS) is 27.6. The highest BCUT2D eigenvalue weighted by atomic mass is 16.3. The first-order valence-electron chi connectivity index (χ1n) is 6.74. The zero-order valence-electron chi connectivity index (χ0n) is 10.9. The zero-order valence-corrected chi connectivity index (χ0v) is 10.9. The summed E-state index contributed by atoms with van der Waals surface area (Å²) in [5, 5.41) is 2.20. The third-order valence-electron chi connectivity index (χ3n) is 3.93. The number of quaternary nitrogens is 1. The Morgan fingerprint density at radius 2 is 1.89 bits per heavy atom. The molecule has 19 heavy (non-hydrogen) atoms. The van der Waals surface area contributed by atoms with Gasteiger partial charge in [-0.25, -0.2) is 0 Å². The Labute approximate surface area is 111 Å². The number of carbonyl (C=O) groups is 1. The van der Waals surface area contributed by atoms with Gasteiger partial charge >= 0.3 is 0 Å². The third kappa shape index (κ3) is 2.24. The van der Waals surface area contributed by atoms with E-state index < -0.39 is 0 Å². The number of Topliss-reactive ketones (excluding diaryl/α,β-unsaturated/α-hetero) is 1. The van der Waals surface area contributed by atoms with Gasteiger partial charge in [-0.1, -0.05) is 6.92 Å². The summed E-state index contributed by atoms with van der Waals surface area (Å²) in [5.74, 6) is 2.06. The first-order valence-corrected chi connectivity index (χ1v) is 6.74. The highest BCUT2D eigenvalue weighted by molar-refractivity contribution is 5.82. The molecular formula is C15H18NO3+. The standard InChI is InChI=1S/C15H17NO3/c1-2-10-12(17)9-11(13-5-3-7-18-13)16-15(10)14-6-4-8-19-14/h3-8,10-11,15-16H,2,9H2,1H3/p+1/t10-,11-,15+/m0/s1. The number of carbonyl (C=O) groups excluding carboxylic acids is 1. The Kier molecular flexibility index (Phi) is 3.25. The maximum absolute atomic E-state index is 12.3. The maximum atomic E-state index is 12.3. The van der Waals surface area contributed by atoms with E-state index in [2.05, 4.69) is 12.2 Å². The third-order valence-corrected chi connectivity index (χ3v) is 3.93. The average molecular weight is 260 g/mol. The molecule has 0 aromatic carbocycles. The van der Waals surface area contributed by atoms with E-state index >= 15 is 0 Å². The fourth-order valence-electron chi connectivity index (χ4n) is 2.97. The number of hydrogen-bond acceptors (Lipinski definition) is 3. The summed E-state index contributed by atoms with van der Waals surface area (Å²) in [6.07, 6.45) is 4.69. The molecule has 3 atom stereocenters. The topological polar surface area (TPSA) is 60.0 Å². The van der Waals surface area contributed by atoms with E-state index in [1.807, 2.05) is 24.3 Å². The lowest BCUT2D eigenvalue weighted by atomic mass is 9.82. The first kappa shape index (κ1) is 12.2. The van der Waals surface area contributed by atoms with Crippen LogP contribution in [0.25, 0.3) is 0 Å². The Morgan fingerprint density at radius 3 is 2.47 bits per heavy atom. The van der Waals surface area contributed by atoms with Crippen molar-refractivity contribution in [3.8, 4) is 0 Å². The molecule has 0 radical (unpaired) electrons. The lowest BCUT2D eigenvalue weighted by Gasteiger charge is -2.30. The van der Waals surface area contributed by atoms with E-state index in [-0.39, 0.29) is 18.0 Å². The second-order valence-electron chi connectivity index (χ2n) is 5.04. The molecule has 4 nitrogen and oxygen atoms in total. The number of nitrogens with two attached hydrogens (primary N) is 1. The molecule has 0 amide bonds. The van der Waals surface area contributed by atoms with Crippen molar-refractivity contribution in [1.29, 1.82) is 0 Å². The molecule has 0 unspecified atom stereocenters. The minimum Gasteiger partial charge on any atom is -0.463 e. The Hall–Kier alpha value is -1.81. The van der Waals surface area contributed by atoms with Crippen molar-refractivity contribution in [3.05, 3.63) is 48.3 Å². The second kappa shape index (κ2) is 5.05. The van der Waals surface area contributed by atoms with Gasteiger partial charge in [-0.2, -0.15) is 0 Å². The van der Waals surface area contributed by atoms with Gasteiger partial charge in [-0.15, -0.1) is 0 Å². The number of piperidine rings is 1. The van der Waals surface area contributed by atoms with E-state index in [0.717, 1.165) is 17.9 Å². The molecule has 2 aromatic heterocycles. The summed E-state index contributed by atoms with van der Waals surface area (Å²) >= 11 is 0. The summed E-state index contributed by atoms with van der Waals surface area (Å²) in [6, 6.07) is 7.72. The fraction of sp³-hybridized carbons (Fsp3) is 0.400. The van der Waals surface area contributed by atoms with Crippen LogP contribution in [-0.2, 0) is 4.79 Å². The van der Waals surface area contributed by atoms with Gasteiger partial charge in [-0.3, -0.25) is 4.79 Å². The molecule has 1 aliphatic heterocycles. The van der Waals surface area contributed by atoms with Crippen molar-refractivity contribution >= 4 is 5.78 Å². The van der Waals surface area contributed by atoms with Crippen molar-refractivity contribution in [3.63, 3.8) is 0 Å². The van der Waals surface area contributed by atoms with Crippen LogP contribution in [0.1, 0.15) is 43.4 Å². The van der Waals surface area contributed by atoms with E-state index in [9.17, 15) is 4.79 Å². The van der Waals surface area contributed by atoms with Crippen molar-refractivity contribution in [2.75, 3.05) is 0 Å². The van der Waals surface area contributed by atoms with E-state index in [1.165, 1.54) is 0 Å². The monoisotopic (exact) mass is 260 g/mol. The highest BCUT2D eigenvalue weighted by Gasteiger charge is 2.42. The second-order valence-corrected chi connectivity index (χ2v) is 5.04. The molecule has 3 rings (SSSR count). The van der Waals surface area contributed by atoms with Crippen LogP contribution >= 0.6 is 0 Å². The van der Waals surface area contributed by atoms with Crippen LogP contribution in [0.2, 0.25) is 0 Å². The van der Waals surface area contributed by atoms with Crippen LogP contribution in [0.4, 0.5) is 0 Å². The maximum Gasteiger partial charge on any atom is 0.161 e. The predicted molar refractivity (Wildman–Crippen MR) is 68.2 cm³/mol. The van der Waals surface area contributed by atoms with Crippen LogP contribution in [0, 0.1) is 5.92 Å². The molecule has 1 saturated heterocycles. The van der Waals surface area contributed by atoms with Crippen LogP contribution < -0.4 is 5.32 Å². The van der Waals surface area contributed by atoms with Gasteiger partial charge in [0.1, 0.15) is 5.78 Å². The van der Waals surface area contributed by atoms with Crippen LogP contribution in [0.15, 0.2) is 45.6 Å². The SMILES string of the molecule is CC[C@H]1C(=O)C[C@@H](c2ccco2)[NH2+][C@H]1c1ccco1. The largest absolute Gasteiger partial charge is 0.463 e. The number of rotatable bonds is 3. The molecule has 2 aromatic rings. The average Bonchev–Trinajstić information content (AvgIpc) is 3.11. The lowest BCUT2D eigenvalue weighted by molar-refractivity contribution is -0.746. The summed E-state index contributed by atoms with van der Waals surface area (Å²) < 4.78 is 10.9. The van der Waals surface area contributed by atoms with Gasteiger partial charge in [0.2, 0.25) is 0 Å². The number of ketones is 1. The van der Waals surface area contributed by atoms with Gasteiger partial charge in [0.25, 0.3) is 0 Å². The Morgan fingerprint density at radius 1 is 1.21 bits per heavy atom. The van der Waals surface area contributed by atoms with Crippen molar-refractivity contribution in [2.24, 2.45) is 5.92 Å². The van der Waals surface area contributed by atoms with Gasteiger partial charge in [0.15, 0.2) is 23.6 Å². The highest BCUT2D eigenvalue weighted by Crippen LogP contribution is 2.31. The van der Waals surface area contributed by atoms with Crippen molar-refractivity contribution in [1.82, 2.24) is 0 Å². The van der Waals surface area contributed by atoms with Gasteiger partial charge in [-0.05, 0) is 30.7 Å². The molecule has 2 N–H and O–H groups in total. The molecule has 0 saturated carbocycles. The lowest BCUT2D eigenvalue weighted by Crippen LogP contribution is -2.90. The molecular weight excluding hydrogens is 242 g/mol.